The molecule has 2 amide bonds. The van der Waals surface area contributed by atoms with Crippen molar-refractivity contribution in [3.63, 3.8) is 0 Å². The van der Waals surface area contributed by atoms with Crippen LogP contribution in [0.25, 0.3) is 10.8 Å². The smallest absolute Gasteiger partial charge is 0.273 e. The lowest BCUT2D eigenvalue weighted by Gasteiger charge is -2.09. The molecular weight excluding hydrogens is 372 g/mol. The van der Waals surface area contributed by atoms with Crippen molar-refractivity contribution in [3.8, 4) is 0 Å². The lowest BCUT2D eigenvalue weighted by molar-refractivity contribution is -0.119. The van der Waals surface area contributed by atoms with Gasteiger partial charge in [-0.15, -0.1) is 11.8 Å². The molecule has 1 heterocycles. The minimum Gasteiger partial charge on any atom is -0.466 e. The minimum atomic E-state index is -0.411. The lowest BCUT2D eigenvalue weighted by Crippen LogP contribution is -2.42. The van der Waals surface area contributed by atoms with Gasteiger partial charge < -0.3 is 4.42 Å². The third-order valence-corrected chi connectivity index (χ3v) is 5.15. The second-order valence-corrected chi connectivity index (χ2v) is 7.14. The van der Waals surface area contributed by atoms with Gasteiger partial charge in [0.2, 0.25) is 5.91 Å². The number of halogens is 1. The summed E-state index contributed by atoms with van der Waals surface area (Å²) in [6.45, 7) is 3.46. The van der Waals surface area contributed by atoms with Gasteiger partial charge in [0.05, 0.1) is 11.3 Å². The molecule has 26 heavy (non-hydrogen) atoms. The molecule has 0 saturated heterocycles. The molecule has 0 spiro atoms. The van der Waals surface area contributed by atoms with Crippen molar-refractivity contribution in [2.45, 2.75) is 18.7 Å². The summed E-state index contributed by atoms with van der Waals surface area (Å²) in [7, 11) is 0. The van der Waals surface area contributed by atoms with E-state index in [0.717, 1.165) is 15.7 Å². The maximum absolute atomic E-state index is 12.1. The zero-order chi connectivity index (χ0) is 18.7. The molecule has 7 heteroatoms. The third-order valence-electron chi connectivity index (χ3n) is 3.78. The average molecular weight is 389 g/mol. The number of hydrogen-bond acceptors (Lipinski definition) is 4. The predicted molar refractivity (Wildman–Crippen MR) is 103 cm³/mol. The van der Waals surface area contributed by atoms with Gasteiger partial charge in [-0.3, -0.25) is 20.4 Å². The van der Waals surface area contributed by atoms with Crippen LogP contribution in [0.3, 0.4) is 0 Å². The molecule has 1 aromatic heterocycles. The van der Waals surface area contributed by atoms with Crippen LogP contribution in [-0.2, 0) is 4.79 Å². The van der Waals surface area contributed by atoms with Gasteiger partial charge in [0.1, 0.15) is 11.5 Å². The van der Waals surface area contributed by atoms with Crippen LogP contribution >= 0.6 is 23.4 Å². The van der Waals surface area contributed by atoms with Crippen LogP contribution in [0.5, 0.6) is 0 Å². The molecule has 2 aromatic carbocycles. The molecule has 0 bridgehead atoms. The van der Waals surface area contributed by atoms with Crippen LogP contribution in [0, 0.1) is 13.8 Å². The summed E-state index contributed by atoms with van der Waals surface area (Å²) < 4.78 is 5.31. The fourth-order valence-corrected chi connectivity index (χ4v) is 3.86. The van der Waals surface area contributed by atoms with E-state index in [9.17, 15) is 9.59 Å². The Balaban J connectivity index is 1.60. The van der Waals surface area contributed by atoms with Crippen molar-refractivity contribution in [1.82, 2.24) is 10.9 Å². The molecule has 134 valence electrons. The molecule has 0 aliphatic carbocycles. The van der Waals surface area contributed by atoms with Crippen LogP contribution in [-0.4, -0.2) is 17.6 Å². The molecule has 0 aliphatic rings. The Morgan fingerprint density at radius 1 is 1.12 bits per heavy atom. The van der Waals surface area contributed by atoms with Crippen LogP contribution < -0.4 is 10.9 Å². The van der Waals surface area contributed by atoms with E-state index >= 15 is 0 Å². The second-order valence-electron chi connectivity index (χ2n) is 5.71. The monoisotopic (exact) mass is 388 g/mol. The largest absolute Gasteiger partial charge is 0.466 e. The number of nitrogens with one attached hydrogen (secondary N) is 2. The first kappa shape index (κ1) is 18.4. The molecule has 0 unspecified atom stereocenters. The van der Waals surface area contributed by atoms with E-state index < -0.39 is 5.91 Å². The zero-order valence-electron chi connectivity index (χ0n) is 14.3. The second kappa shape index (κ2) is 7.85. The Bertz CT molecular complexity index is 979. The van der Waals surface area contributed by atoms with Crippen LogP contribution in [0.15, 0.2) is 51.8 Å². The molecule has 0 radical (unpaired) electrons. The van der Waals surface area contributed by atoms with E-state index in [1.165, 1.54) is 11.8 Å². The number of rotatable bonds is 4. The maximum Gasteiger partial charge on any atom is 0.273 e. The number of aryl methyl sites for hydroxylation is 2. The van der Waals surface area contributed by atoms with Crippen molar-refractivity contribution < 1.29 is 14.0 Å². The number of carbonyl (C=O) groups excluding carboxylic acids is 2. The van der Waals surface area contributed by atoms with Crippen LogP contribution in [0.4, 0.5) is 0 Å². The lowest BCUT2D eigenvalue weighted by atomic mass is 10.1. The Labute approximate surface area is 160 Å². The van der Waals surface area contributed by atoms with Gasteiger partial charge in [-0.25, -0.2) is 0 Å². The van der Waals surface area contributed by atoms with E-state index in [2.05, 4.69) is 10.9 Å². The molecule has 0 fully saturated rings. The summed E-state index contributed by atoms with van der Waals surface area (Å²) >= 11 is 7.65. The summed E-state index contributed by atoms with van der Waals surface area (Å²) in [5.41, 5.74) is 5.22. The zero-order valence-corrected chi connectivity index (χ0v) is 15.8. The number of benzene rings is 2. The summed E-state index contributed by atoms with van der Waals surface area (Å²) in [6, 6.07) is 13.1. The fraction of sp³-hybridized carbons (Fsp3) is 0.158. The first-order valence-electron chi connectivity index (χ1n) is 7.92. The first-order valence-corrected chi connectivity index (χ1v) is 9.28. The average Bonchev–Trinajstić information content (AvgIpc) is 2.96. The summed E-state index contributed by atoms with van der Waals surface area (Å²) in [6.07, 6.45) is 0. The normalized spacial score (nSPS) is 10.7. The highest BCUT2D eigenvalue weighted by Gasteiger charge is 2.14. The summed E-state index contributed by atoms with van der Waals surface area (Å²) in [4.78, 5) is 25.0. The van der Waals surface area contributed by atoms with Crippen molar-refractivity contribution >= 4 is 45.9 Å². The molecule has 3 aromatic rings. The third kappa shape index (κ3) is 4.03. The van der Waals surface area contributed by atoms with Crippen LogP contribution in [0.1, 0.15) is 21.9 Å². The highest BCUT2D eigenvalue weighted by molar-refractivity contribution is 8.00. The van der Waals surface area contributed by atoms with Crippen molar-refractivity contribution in [2.24, 2.45) is 0 Å². The Morgan fingerprint density at radius 3 is 2.54 bits per heavy atom. The summed E-state index contributed by atoms with van der Waals surface area (Å²) in [5, 5.41) is 2.58. The van der Waals surface area contributed by atoms with Gasteiger partial charge in [0.15, 0.2) is 0 Å². The molecule has 0 saturated carbocycles. The van der Waals surface area contributed by atoms with Gasteiger partial charge in [0.25, 0.3) is 5.91 Å². The summed E-state index contributed by atoms with van der Waals surface area (Å²) in [5.74, 6) is 0.571. The highest BCUT2D eigenvalue weighted by Crippen LogP contribution is 2.33. The Hall–Kier alpha value is -2.44. The van der Waals surface area contributed by atoms with E-state index in [4.69, 9.17) is 16.0 Å². The van der Waals surface area contributed by atoms with E-state index in [-0.39, 0.29) is 11.7 Å². The number of hydrazine groups is 1. The first-order chi connectivity index (χ1) is 12.5. The Kier molecular flexibility index (Phi) is 5.54. The number of fused-ring (bicyclic) bond motifs is 1. The molecule has 3 rings (SSSR count). The van der Waals surface area contributed by atoms with Gasteiger partial charge in [-0.05, 0) is 37.4 Å². The Morgan fingerprint density at radius 2 is 1.85 bits per heavy atom. The fourth-order valence-electron chi connectivity index (χ4n) is 2.61. The standard InChI is InChI=1S/C19H17ClN2O3S/c1-11-9-14(12(2)25-11)19(24)22-21-17(23)10-26-16-8-4-6-13-5-3-7-15(20)18(13)16/h3-9H,10H2,1-2H3,(H,21,23)(H,22,24). The molecule has 0 atom stereocenters. The molecule has 2 N–H and O–H groups in total. The van der Waals surface area contributed by atoms with E-state index in [1.54, 1.807) is 19.9 Å². The quantitative estimate of drug-likeness (QED) is 0.517. The maximum atomic E-state index is 12.1. The SMILES string of the molecule is Cc1cc(C(=O)NNC(=O)CSc2cccc3cccc(Cl)c23)c(C)o1. The van der Waals surface area contributed by atoms with Crippen LogP contribution in [0.2, 0.25) is 5.02 Å². The number of amides is 2. The highest BCUT2D eigenvalue weighted by atomic mass is 35.5. The number of thioether (sulfide) groups is 1. The number of carbonyl (C=O) groups is 2. The van der Waals surface area contributed by atoms with Crippen molar-refractivity contribution in [1.29, 1.82) is 0 Å². The van der Waals surface area contributed by atoms with E-state index in [1.807, 2.05) is 36.4 Å². The van der Waals surface area contributed by atoms with Crippen molar-refractivity contribution in [3.05, 3.63) is 64.6 Å². The minimum absolute atomic E-state index is 0.147. The topological polar surface area (TPSA) is 71.3 Å². The molecular formula is C19H17ClN2O3S. The van der Waals surface area contributed by atoms with Gasteiger partial charge >= 0.3 is 0 Å². The number of hydrogen-bond donors (Lipinski definition) is 2. The number of furan rings is 1. The molecule has 5 nitrogen and oxygen atoms in total. The van der Waals surface area contributed by atoms with E-state index in [0.29, 0.717) is 22.1 Å². The predicted octanol–water partition coefficient (Wildman–Crippen LogP) is 4.26. The van der Waals surface area contributed by atoms with Crippen molar-refractivity contribution in [2.75, 3.05) is 5.75 Å². The van der Waals surface area contributed by atoms with Gasteiger partial charge in [0, 0.05) is 15.3 Å². The van der Waals surface area contributed by atoms with Gasteiger partial charge in [-0.1, -0.05) is 35.9 Å². The molecule has 0 aliphatic heterocycles. The van der Waals surface area contributed by atoms with Gasteiger partial charge in [-0.2, -0.15) is 0 Å².